The first-order valence-electron chi connectivity index (χ1n) is 12.5. The molecule has 2 aromatic rings. The van der Waals surface area contributed by atoms with Crippen molar-refractivity contribution in [2.75, 3.05) is 18.4 Å². The zero-order valence-corrected chi connectivity index (χ0v) is 20.6. The van der Waals surface area contributed by atoms with E-state index in [1.807, 2.05) is 30.9 Å². The Morgan fingerprint density at radius 1 is 1.12 bits per heavy atom. The Labute approximate surface area is 201 Å². The largest absolute Gasteiger partial charge is 0.350 e. The number of nitrogens with one attached hydrogen (secondary N) is 3. The molecule has 1 saturated carbocycles. The van der Waals surface area contributed by atoms with Gasteiger partial charge in [0.25, 0.3) is 0 Å². The van der Waals surface area contributed by atoms with Gasteiger partial charge in [0.1, 0.15) is 11.6 Å². The van der Waals surface area contributed by atoms with Gasteiger partial charge in [-0.05, 0) is 51.9 Å². The molecule has 184 valence electrons. The molecule has 3 heterocycles. The van der Waals surface area contributed by atoms with Gasteiger partial charge in [-0.1, -0.05) is 19.3 Å². The zero-order valence-electron chi connectivity index (χ0n) is 20.6. The molecule has 2 fully saturated rings. The Morgan fingerprint density at radius 2 is 1.91 bits per heavy atom. The Balaban J connectivity index is 1.39. The first kappa shape index (κ1) is 24.2. The number of H-pyrrole nitrogens is 1. The topological polar surface area (TPSA) is 116 Å². The number of amides is 2. The van der Waals surface area contributed by atoms with Crippen molar-refractivity contribution in [1.82, 2.24) is 30.4 Å². The van der Waals surface area contributed by atoms with Crippen molar-refractivity contribution in [1.29, 1.82) is 0 Å². The van der Waals surface area contributed by atoms with E-state index < -0.39 is 0 Å². The van der Waals surface area contributed by atoms with Crippen molar-refractivity contribution < 1.29 is 9.59 Å². The Hall–Kier alpha value is -2.97. The van der Waals surface area contributed by atoms with Gasteiger partial charge in [-0.15, -0.1) is 0 Å². The van der Waals surface area contributed by atoms with Crippen LogP contribution < -0.4 is 10.6 Å². The van der Waals surface area contributed by atoms with Crippen LogP contribution in [0.3, 0.4) is 0 Å². The lowest BCUT2D eigenvalue weighted by molar-refractivity contribution is -0.135. The number of nitrogens with zero attached hydrogens (tertiary/aromatic N) is 4. The molecule has 0 bridgehead atoms. The number of rotatable bonds is 7. The highest BCUT2D eigenvalue weighted by molar-refractivity contribution is 5.80. The Morgan fingerprint density at radius 3 is 2.62 bits per heavy atom. The number of anilines is 2. The summed E-state index contributed by atoms with van der Waals surface area (Å²) in [5.74, 6) is 2.65. The maximum atomic E-state index is 13.3. The minimum Gasteiger partial charge on any atom is -0.350 e. The van der Waals surface area contributed by atoms with Gasteiger partial charge in [-0.3, -0.25) is 14.7 Å². The molecule has 0 spiro atoms. The first-order chi connectivity index (χ1) is 16.3. The van der Waals surface area contributed by atoms with Crippen LogP contribution in [0.15, 0.2) is 12.1 Å². The molecule has 4 rings (SSSR count). The highest BCUT2D eigenvalue weighted by Gasteiger charge is 2.37. The second-order valence-electron chi connectivity index (χ2n) is 10.1. The van der Waals surface area contributed by atoms with E-state index in [-0.39, 0.29) is 17.4 Å². The quantitative estimate of drug-likeness (QED) is 0.573. The number of carbonyl (C=O) groups is 2. The fraction of sp³-hybridized carbons (Fsp3) is 0.640. The third-order valence-electron chi connectivity index (χ3n) is 6.96. The van der Waals surface area contributed by atoms with Crippen LogP contribution in [0.1, 0.15) is 75.5 Å². The van der Waals surface area contributed by atoms with Crippen LogP contribution >= 0.6 is 0 Å². The molecule has 1 aliphatic carbocycles. The predicted molar refractivity (Wildman–Crippen MR) is 131 cm³/mol. The van der Waals surface area contributed by atoms with E-state index in [4.69, 9.17) is 0 Å². The fourth-order valence-electron chi connectivity index (χ4n) is 5.51. The summed E-state index contributed by atoms with van der Waals surface area (Å²) in [6.07, 6.45) is 8.37. The number of carbonyl (C=O) groups excluding carboxylic acids is 2. The van der Waals surface area contributed by atoms with Crippen LogP contribution in [0.2, 0.25) is 0 Å². The second kappa shape index (κ2) is 10.5. The molecule has 2 amide bonds. The van der Waals surface area contributed by atoms with Crippen LogP contribution in [-0.4, -0.2) is 55.5 Å². The van der Waals surface area contributed by atoms with Crippen LogP contribution in [0.4, 0.5) is 11.6 Å². The summed E-state index contributed by atoms with van der Waals surface area (Å²) in [7, 11) is 0. The number of hydrogen-bond donors (Lipinski definition) is 3. The smallest absolute Gasteiger partial charge is 0.224 e. The number of likely N-dealkylation sites (tertiary alicyclic amines) is 1. The maximum absolute atomic E-state index is 13.3. The minimum absolute atomic E-state index is 0.0419. The fourth-order valence-corrected chi connectivity index (χ4v) is 5.51. The molecule has 0 aromatic carbocycles. The Bertz CT molecular complexity index is 1010. The van der Waals surface area contributed by atoms with Gasteiger partial charge in [0.15, 0.2) is 5.82 Å². The van der Waals surface area contributed by atoms with Crippen molar-refractivity contribution in [2.24, 2.45) is 5.92 Å². The van der Waals surface area contributed by atoms with Crippen molar-refractivity contribution in [3.05, 3.63) is 29.3 Å². The summed E-state index contributed by atoms with van der Waals surface area (Å²) in [4.78, 5) is 36.3. The van der Waals surface area contributed by atoms with E-state index in [1.54, 1.807) is 6.92 Å². The third kappa shape index (κ3) is 6.33. The number of aromatic amines is 1. The number of piperidine rings is 1. The number of hydrogen-bond acceptors (Lipinski definition) is 6. The van der Waals surface area contributed by atoms with Gasteiger partial charge in [0, 0.05) is 55.5 Å². The molecular weight excluding hydrogens is 430 g/mol. The molecule has 1 saturated heterocycles. The van der Waals surface area contributed by atoms with Gasteiger partial charge in [0.05, 0.1) is 0 Å². The van der Waals surface area contributed by atoms with Gasteiger partial charge in [-0.2, -0.15) is 5.10 Å². The van der Waals surface area contributed by atoms with Crippen LogP contribution in [0, 0.1) is 19.8 Å². The van der Waals surface area contributed by atoms with Gasteiger partial charge >= 0.3 is 0 Å². The molecule has 0 radical (unpaired) electrons. The molecule has 1 atom stereocenters. The van der Waals surface area contributed by atoms with Gasteiger partial charge < -0.3 is 15.5 Å². The van der Waals surface area contributed by atoms with Crippen molar-refractivity contribution in [3.63, 3.8) is 0 Å². The van der Waals surface area contributed by atoms with Crippen LogP contribution in [0.5, 0.6) is 0 Å². The van der Waals surface area contributed by atoms with Crippen LogP contribution in [-0.2, 0) is 16.0 Å². The Kier molecular flexibility index (Phi) is 7.48. The molecule has 34 heavy (non-hydrogen) atoms. The average Bonchev–Trinajstić information content (AvgIpc) is 3.18. The van der Waals surface area contributed by atoms with Crippen molar-refractivity contribution in [3.8, 4) is 0 Å². The summed E-state index contributed by atoms with van der Waals surface area (Å²) in [6.45, 7) is 6.93. The number of aryl methyl sites for hydroxylation is 2. The summed E-state index contributed by atoms with van der Waals surface area (Å²) in [5, 5.41) is 13.5. The lowest BCUT2D eigenvalue weighted by Crippen LogP contribution is -2.53. The number of aromatic nitrogens is 4. The van der Waals surface area contributed by atoms with E-state index in [0.717, 1.165) is 81.1 Å². The first-order valence-corrected chi connectivity index (χ1v) is 12.5. The van der Waals surface area contributed by atoms with E-state index in [0.29, 0.717) is 18.2 Å². The molecule has 2 aliphatic rings. The van der Waals surface area contributed by atoms with E-state index in [2.05, 4.69) is 30.8 Å². The predicted octanol–water partition coefficient (Wildman–Crippen LogP) is 3.57. The van der Waals surface area contributed by atoms with Crippen LogP contribution in [0.25, 0.3) is 0 Å². The van der Waals surface area contributed by atoms with E-state index >= 15 is 0 Å². The van der Waals surface area contributed by atoms with Gasteiger partial charge in [0.2, 0.25) is 11.8 Å². The summed E-state index contributed by atoms with van der Waals surface area (Å²) < 4.78 is 0. The average molecular weight is 468 g/mol. The zero-order chi connectivity index (χ0) is 24.1. The lowest BCUT2D eigenvalue weighted by Gasteiger charge is -2.40. The van der Waals surface area contributed by atoms with Crippen molar-refractivity contribution >= 4 is 23.5 Å². The molecule has 2 aromatic heterocycles. The SMILES string of the molecule is CC(=O)NC1(CC(=O)N2CCCC(Cc3cc(Nc4cc(C)[nH]n4)nc(C)n3)C2)CCCCC1. The summed E-state index contributed by atoms with van der Waals surface area (Å²) in [5.41, 5.74) is 1.58. The molecule has 1 aliphatic heterocycles. The molecule has 3 N–H and O–H groups in total. The highest BCUT2D eigenvalue weighted by atomic mass is 16.2. The monoisotopic (exact) mass is 467 g/mol. The van der Waals surface area contributed by atoms with Gasteiger partial charge in [-0.25, -0.2) is 9.97 Å². The third-order valence-corrected chi connectivity index (χ3v) is 6.96. The normalized spacial score (nSPS) is 20.1. The van der Waals surface area contributed by atoms with E-state index in [1.165, 1.54) is 6.42 Å². The summed E-state index contributed by atoms with van der Waals surface area (Å²) >= 11 is 0. The molecular formula is C25H37N7O2. The molecule has 9 nitrogen and oxygen atoms in total. The maximum Gasteiger partial charge on any atom is 0.224 e. The van der Waals surface area contributed by atoms with Crippen molar-refractivity contribution in [2.45, 2.75) is 84.1 Å². The summed E-state index contributed by atoms with van der Waals surface area (Å²) in [6, 6.07) is 3.91. The lowest BCUT2D eigenvalue weighted by atomic mass is 9.78. The second-order valence-corrected chi connectivity index (χ2v) is 10.1. The van der Waals surface area contributed by atoms with E-state index in [9.17, 15) is 9.59 Å². The standard InChI is InChI=1S/C25H37N7O2/c1-17-12-23(31-30-17)28-22-14-21(26-18(2)27-22)13-20-8-7-11-32(16-20)24(34)15-25(29-19(3)33)9-5-4-6-10-25/h12,14,20H,4-11,13,15-16H2,1-3H3,(H,29,33)(H2,26,27,28,30,31). The highest BCUT2D eigenvalue weighted by Crippen LogP contribution is 2.32. The minimum atomic E-state index is -0.372. The molecule has 1 unspecified atom stereocenters. The molecule has 9 heteroatoms.